The predicted molar refractivity (Wildman–Crippen MR) is 80.6 cm³/mol. The number of likely N-dealkylation sites (tertiary alicyclic amines) is 2. The van der Waals surface area contributed by atoms with E-state index >= 15 is 0 Å². The molecule has 1 N–H and O–H groups in total. The number of carbonyl (C=O) groups excluding carboxylic acids is 2. The van der Waals surface area contributed by atoms with E-state index in [9.17, 15) is 9.59 Å². The fraction of sp³-hybridized carbons (Fsp3) is 0.875. The Morgan fingerprint density at radius 2 is 2.14 bits per heavy atom. The Kier molecular flexibility index (Phi) is 5.62. The van der Waals surface area contributed by atoms with Crippen molar-refractivity contribution in [1.29, 1.82) is 0 Å². The van der Waals surface area contributed by atoms with Crippen LogP contribution in [0.4, 0.5) is 0 Å². The van der Waals surface area contributed by atoms with Gasteiger partial charge >= 0.3 is 0 Å². The van der Waals surface area contributed by atoms with Gasteiger partial charge in [-0.15, -0.1) is 0 Å². The summed E-state index contributed by atoms with van der Waals surface area (Å²) in [4.78, 5) is 28.5. The summed E-state index contributed by atoms with van der Waals surface area (Å²) < 4.78 is 0. The summed E-state index contributed by atoms with van der Waals surface area (Å²) in [5.41, 5.74) is 0. The van der Waals surface area contributed by atoms with Gasteiger partial charge in [0.05, 0.1) is 5.92 Å². The smallest absolute Gasteiger partial charge is 0.228 e. The highest BCUT2D eigenvalue weighted by Gasteiger charge is 2.38. The molecule has 5 heteroatoms. The lowest BCUT2D eigenvalue weighted by atomic mass is 9.96. The lowest BCUT2D eigenvalue weighted by Gasteiger charge is -2.37. The predicted octanol–water partition coefficient (Wildman–Crippen LogP) is 1.25. The molecule has 21 heavy (non-hydrogen) atoms. The number of piperidine rings is 1. The van der Waals surface area contributed by atoms with Crippen molar-refractivity contribution >= 4 is 11.8 Å². The summed E-state index contributed by atoms with van der Waals surface area (Å²) in [6, 6.07) is 0.158. The van der Waals surface area contributed by atoms with Gasteiger partial charge < -0.3 is 14.9 Å². The van der Waals surface area contributed by atoms with E-state index in [2.05, 4.69) is 13.8 Å². The monoisotopic (exact) mass is 296 g/mol. The van der Waals surface area contributed by atoms with E-state index in [-0.39, 0.29) is 30.4 Å². The van der Waals surface area contributed by atoms with E-state index in [1.54, 1.807) is 0 Å². The molecular weight excluding hydrogens is 268 g/mol. The molecule has 0 aromatic carbocycles. The minimum Gasteiger partial charge on any atom is -0.396 e. The van der Waals surface area contributed by atoms with Gasteiger partial charge in [-0.3, -0.25) is 9.59 Å². The third kappa shape index (κ3) is 3.96. The quantitative estimate of drug-likeness (QED) is 0.831. The molecule has 2 aliphatic rings. The highest BCUT2D eigenvalue weighted by Crippen LogP contribution is 2.26. The van der Waals surface area contributed by atoms with Crippen LogP contribution in [0.3, 0.4) is 0 Å². The molecule has 2 atom stereocenters. The summed E-state index contributed by atoms with van der Waals surface area (Å²) in [6.45, 7) is 6.38. The van der Waals surface area contributed by atoms with E-state index in [1.807, 2.05) is 9.80 Å². The second-order valence-electron chi connectivity index (χ2n) is 6.79. The molecule has 0 radical (unpaired) electrons. The number of hydrogen-bond acceptors (Lipinski definition) is 3. The number of nitrogens with zero attached hydrogens (tertiary/aromatic N) is 2. The first-order chi connectivity index (χ1) is 10.0. The van der Waals surface area contributed by atoms with Crippen molar-refractivity contribution in [3.63, 3.8) is 0 Å². The molecule has 0 spiro atoms. The van der Waals surface area contributed by atoms with Crippen LogP contribution in [0, 0.1) is 11.8 Å². The van der Waals surface area contributed by atoms with E-state index in [4.69, 9.17) is 5.11 Å². The standard InChI is InChI=1S/C16H28N2O3/c1-12(2)10-17-11-13(9-15(17)20)16(21)18-7-4-3-5-14(18)6-8-19/h12-14,19H,3-11H2,1-2H3. The van der Waals surface area contributed by atoms with Crippen molar-refractivity contribution in [2.75, 3.05) is 26.2 Å². The molecule has 0 aliphatic carbocycles. The summed E-state index contributed by atoms with van der Waals surface area (Å²) in [5.74, 6) is 0.473. The summed E-state index contributed by atoms with van der Waals surface area (Å²) in [6.07, 6.45) is 4.14. The molecule has 0 aromatic rings. The van der Waals surface area contributed by atoms with Crippen molar-refractivity contribution in [1.82, 2.24) is 9.80 Å². The van der Waals surface area contributed by atoms with E-state index < -0.39 is 0 Å². The minimum absolute atomic E-state index is 0.109. The van der Waals surface area contributed by atoms with E-state index in [0.717, 1.165) is 32.4 Å². The number of carbonyl (C=O) groups is 2. The maximum atomic E-state index is 12.7. The number of aliphatic hydroxyl groups is 1. The molecule has 0 saturated carbocycles. The Morgan fingerprint density at radius 3 is 2.81 bits per heavy atom. The summed E-state index contributed by atoms with van der Waals surface area (Å²) >= 11 is 0. The maximum absolute atomic E-state index is 12.7. The van der Waals surface area contributed by atoms with Crippen LogP contribution in [0.5, 0.6) is 0 Å². The number of aliphatic hydroxyl groups excluding tert-OH is 1. The maximum Gasteiger partial charge on any atom is 0.228 e. The topological polar surface area (TPSA) is 60.9 Å². The van der Waals surface area contributed by atoms with E-state index in [0.29, 0.717) is 25.3 Å². The normalized spacial score (nSPS) is 26.8. The first-order valence-electron chi connectivity index (χ1n) is 8.22. The van der Waals surface area contributed by atoms with Crippen LogP contribution in [0.25, 0.3) is 0 Å². The van der Waals surface area contributed by atoms with Gasteiger partial charge in [0.25, 0.3) is 0 Å². The van der Waals surface area contributed by atoms with Crippen LogP contribution < -0.4 is 0 Å². The highest BCUT2D eigenvalue weighted by atomic mass is 16.3. The fourth-order valence-electron chi connectivity index (χ4n) is 3.53. The average Bonchev–Trinajstić information content (AvgIpc) is 2.80. The van der Waals surface area contributed by atoms with Gasteiger partial charge in [-0.2, -0.15) is 0 Å². The molecule has 2 aliphatic heterocycles. The van der Waals surface area contributed by atoms with Crippen molar-refractivity contribution in [2.45, 2.75) is 52.0 Å². The van der Waals surface area contributed by atoms with Gasteiger partial charge in [-0.25, -0.2) is 0 Å². The summed E-state index contributed by atoms with van der Waals surface area (Å²) in [7, 11) is 0. The van der Waals surface area contributed by atoms with Crippen LogP contribution in [-0.2, 0) is 9.59 Å². The zero-order chi connectivity index (χ0) is 15.4. The molecular formula is C16H28N2O3. The van der Waals surface area contributed by atoms with Crippen LogP contribution in [-0.4, -0.2) is 59.0 Å². The van der Waals surface area contributed by atoms with Crippen molar-refractivity contribution in [2.24, 2.45) is 11.8 Å². The largest absolute Gasteiger partial charge is 0.396 e. The molecule has 0 aromatic heterocycles. The summed E-state index contributed by atoms with van der Waals surface area (Å²) in [5, 5.41) is 9.17. The van der Waals surface area contributed by atoms with Crippen molar-refractivity contribution in [3.05, 3.63) is 0 Å². The molecule has 2 amide bonds. The van der Waals surface area contributed by atoms with E-state index in [1.165, 1.54) is 0 Å². The molecule has 2 fully saturated rings. The third-order valence-corrected chi connectivity index (χ3v) is 4.52. The Labute approximate surface area is 127 Å². The molecule has 5 nitrogen and oxygen atoms in total. The zero-order valence-electron chi connectivity index (χ0n) is 13.3. The van der Waals surface area contributed by atoms with Gasteiger partial charge in [-0.1, -0.05) is 13.8 Å². The Bertz CT molecular complexity index is 382. The molecule has 120 valence electrons. The first kappa shape index (κ1) is 16.3. The van der Waals surface area contributed by atoms with Crippen LogP contribution in [0.1, 0.15) is 46.0 Å². The average molecular weight is 296 g/mol. The molecule has 2 saturated heterocycles. The third-order valence-electron chi connectivity index (χ3n) is 4.52. The van der Waals surface area contributed by atoms with Crippen LogP contribution >= 0.6 is 0 Å². The van der Waals surface area contributed by atoms with Crippen molar-refractivity contribution < 1.29 is 14.7 Å². The number of amides is 2. The van der Waals surface area contributed by atoms with Crippen molar-refractivity contribution in [3.8, 4) is 0 Å². The first-order valence-corrected chi connectivity index (χ1v) is 8.22. The number of rotatable bonds is 5. The lowest BCUT2D eigenvalue weighted by molar-refractivity contribution is -0.139. The zero-order valence-corrected chi connectivity index (χ0v) is 13.3. The fourth-order valence-corrected chi connectivity index (χ4v) is 3.53. The molecule has 0 bridgehead atoms. The Balaban J connectivity index is 1.97. The SMILES string of the molecule is CC(C)CN1CC(C(=O)N2CCCCC2CCO)CC1=O. The highest BCUT2D eigenvalue weighted by molar-refractivity contribution is 5.89. The van der Waals surface area contributed by atoms with Crippen LogP contribution in [0.2, 0.25) is 0 Å². The van der Waals surface area contributed by atoms with Gasteiger partial charge in [0.1, 0.15) is 0 Å². The van der Waals surface area contributed by atoms with Gasteiger partial charge in [0, 0.05) is 38.7 Å². The second-order valence-corrected chi connectivity index (χ2v) is 6.79. The van der Waals surface area contributed by atoms with Gasteiger partial charge in [-0.05, 0) is 31.6 Å². The minimum atomic E-state index is -0.185. The molecule has 2 unspecified atom stereocenters. The van der Waals surface area contributed by atoms with Crippen LogP contribution in [0.15, 0.2) is 0 Å². The lowest BCUT2D eigenvalue weighted by Crippen LogP contribution is -2.47. The van der Waals surface area contributed by atoms with Gasteiger partial charge in [0.2, 0.25) is 11.8 Å². The second kappa shape index (κ2) is 7.25. The van der Waals surface area contributed by atoms with Gasteiger partial charge in [0.15, 0.2) is 0 Å². The Hall–Kier alpha value is -1.10. The molecule has 2 heterocycles. The number of hydrogen-bond donors (Lipinski definition) is 1. The Morgan fingerprint density at radius 1 is 1.38 bits per heavy atom. The molecule has 2 rings (SSSR count).